The molecule has 2 rings (SSSR count). The molecular formula is C16H20N2O9. The lowest BCUT2D eigenvalue weighted by atomic mass is 9.95. The fourth-order valence-corrected chi connectivity index (χ4v) is 2.95. The minimum absolute atomic E-state index is 0.307. The molecule has 2 heterocycles. The molecule has 1 aromatic heterocycles. The van der Waals surface area contributed by atoms with E-state index in [-0.39, 0.29) is 6.61 Å². The standard InChI is InChI=1S/C16H20N2O9/c1-8(19)24-7-11-13(25-9(2)20)16(4,27-10(3)21)14(26-11)18-6-5-12(22)17-15(18)23/h5-6,11,13-14H,7H2,1-4H3,(H,17,22,23)/t11-,13-,14-,16-/m1/s1. The van der Waals surface area contributed by atoms with E-state index in [0.29, 0.717) is 0 Å². The van der Waals surface area contributed by atoms with Crippen molar-refractivity contribution in [1.82, 2.24) is 9.55 Å². The van der Waals surface area contributed by atoms with Crippen molar-refractivity contribution in [3.05, 3.63) is 33.1 Å². The molecule has 1 aliphatic rings. The predicted octanol–water partition coefficient (Wildman–Crippen LogP) is -0.749. The van der Waals surface area contributed by atoms with Crippen molar-refractivity contribution in [3.63, 3.8) is 0 Å². The maximum atomic E-state index is 12.2. The molecule has 1 aromatic rings. The zero-order valence-corrected chi connectivity index (χ0v) is 15.2. The quantitative estimate of drug-likeness (QED) is 0.512. The number of hydrogen-bond donors (Lipinski definition) is 1. The zero-order chi connectivity index (χ0) is 20.4. The molecular weight excluding hydrogens is 364 g/mol. The maximum Gasteiger partial charge on any atom is 0.330 e. The highest BCUT2D eigenvalue weighted by atomic mass is 16.7. The number of hydrogen-bond acceptors (Lipinski definition) is 9. The van der Waals surface area contributed by atoms with Crippen molar-refractivity contribution >= 4 is 17.9 Å². The van der Waals surface area contributed by atoms with Crippen molar-refractivity contribution in [1.29, 1.82) is 0 Å². The molecule has 4 atom stereocenters. The second-order valence-corrected chi connectivity index (χ2v) is 6.15. The van der Waals surface area contributed by atoms with Crippen LogP contribution in [0.3, 0.4) is 0 Å². The summed E-state index contributed by atoms with van der Waals surface area (Å²) in [5.74, 6) is -2.00. The first-order valence-corrected chi connectivity index (χ1v) is 8.01. The highest BCUT2D eigenvalue weighted by Gasteiger charge is 2.60. The van der Waals surface area contributed by atoms with Crippen molar-refractivity contribution in [2.75, 3.05) is 6.61 Å². The van der Waals surface area contributed by atoms with E-state index in [4.69, 9.17) is 18.9 Å². The second kappa shape index (κ2) is 7.74. The first-order chi connectivity index (χ1) is 12.5. The Morgan fingerprint density at radius 1 is 1.19 bits per heavy atom. The van der Waals surface area contributed by atoms with E-state index < -0.39 is 53.2 Å². The Bertz CT molecular complexity index is 858. The van der Waals surface area contributed by atoms with Gasteiger partial charge in [0.25, 0.3) is 5.56 Å². The first kappa shape index (κ1) is 20.4. The Kier molecular flexibility index (Phi) is 5.84. The van der Waals surface area contributed by atoms with Gasteiger partial charge in [-0.3, -0.25) is 28.7 Å². The molecule has 0 aliphatic carbocycles. The smallest absolute Gasteiger partial charge is 0.330 e. The fraction of sp³-hybridized carbons (Fsp3) is 0.562. The van der Waals surface area contributed by atoms with Crippen molar-refractivity contribution in [3.8, 4) is 0 Å². The molecule has 1 N–H and O–H groups in total. The van der Waals surface area contributed by atoms with Crippen LogP contribution in [0.1, 0.15) is 33.9 Å². The number of nitrogens with zero attached hydrogens (tertiary/aromatic N) is 1. The molecule has 27 heavy (non-hydrogen) atoms. The molecule has 11 nitrogen and oxygen atoms in total. The molecule has 11 heteroatoms. The first-order valence-electron chi connectivity index (χ1n) is 8.01. The van der Waals surface area contributed by atoms with Gasteiger partial charge in [-0.1, -0.05) is 0 Å². The Morgan fingerprint density at radius 3 is 2.37 bits per heavy atom. The van der Waals surface area contributed by atoms with Crippen molar-refractivity contribution < 1.29 is 33.3 Å². The van der Waals surface area contributed by atoms with Gasteiger partial charge in [0.05, 0.1) is 0 Å². The van der Waals surface area contributed by atoms with Crippen LogP contribution in [0.5, 0.6) is 0 Å². The number of esters is 3. The normalized spacial score (nSPS) is 27.0. The third kappa shape index (κ3) is 4.42. The summed E-state index contributed by atoms with van der Waals surface area (Å²) in [6.07, 6.45) is -2.30. The summed E-state index contributed by atoms with van der Waals surface area (Å²) < 4.78 is 22.3. The molecule has 0 aromatic carbocycles. The minimum Gasteiger partial charge on any atom is -0.463 e. The predicted molar refractivity (Wildman–Crippen MR) is 87.6 cm³/mol. The summed E-state index contributed by atoms with van der Waals surface area (Å²) in [6, 6.07) is 1.08. The largest absolute Gasteiger partial charge is 0.463 e. The fourth-order valence-electron chi connectivity index (χ4n) is 2.95. The number of rotatable bonds is 5. The molecule has 0 unspecified atom stereocenters. The molecule has 0 bridgehead atoms. The molecule has 0 saturated carbocycles. The third-order valence-corrected chi connectivity index (χ3v) is 3.91. The van der Waals surface area contributed by atoms with E-state index in [1.807, 2.05) is 0 Å². The molecule has 0 spiro atoms. The third-order valence-electron chi connectivity index (χ3n) is 3.91. The van der Waals surface area contributed by atoms with Crippen LogP contribution in [-0.2, 0) is 33.3 Å². The number of nitrogens with one attached hydrogen (secondary N) is 1. The maximum absolute atomic E-state index is 12.2. The van der Waals surface area contributed by atoms with Crippen LogP contribution in [0.4, 0.5) is 0 Å². The lowest BCUT2D eigenvalue weighted by Crippen LogP contribution is -2.51. The van der Waals surface area contributed by atoms with Gasteiger partial charge in [-0.05, 0) is 6.92 Å². The van der Waals surface area contributed by atoms with Crippen molar-refractivity contribution in [2.45, 2.75) is 51.7 Å². The molecule has 0 amide bonds. The summed E-state index contributed by atoms with van der Waals surface area (Å²) in [5.41, 5.74) is -3.08. The Morgan fingerprint density at radius 2 is 1.85 bits per heavy atom. The number of carbonyl (C=O) groups is 3. The van der Waals surface area contributed by atoms with Crippen LogP contribution in [0.15, 0.2) is 21.9 Å². The molecule has 1 saturated heterocycles. The van der Waals surface area contributed by atoms with Crippen LogP contribution >= 0.6 is 0 Å². The monoisotopic (exact) mass is 384 g/mol. The minimum atomic E-state index is -1.63. The van der Waals surface area contributed by atoms with Crippen LogP contribution in [0.25, 0.3) is 0 Å². The average Bonchev–Trinajstić information content (AvgIpc) is 2.77. The lowest BCUT2D eigenvalue weighted by molar-refractivity contribution is -0.185. The average molecular weight is 384 g/mol. The zero-order valence-electron chi connectivity index (χ0n) is 15.2. The summed E-state index contributed by atoms with van der Waals surface area (Å²) in [7, 11) is 0. The number of H-pyrrole nitrogens is 1. The molecule has 1 fully saturated rings. The van der Waals surface area contributed by atoms with Gasteiger partial charge < -0.3 is 18.9 Å². The van der Waals surface area contributed by atoms with Crippen LogP contribution in [0, 0.1) is 0 Å². The summed E-state index contributed by atoms with van der Waals surface area (Å²) in [5, 5.41) is 0. The Hall–Kier alpha value is -2.95. The molecule has 148 valence electrons. The number of carbonyl (C=O) groups excluding carboxylic acids is 3. The van der Waals surface area contributed by atoms with Gasteiger partial charge >= 0.3 is 23.6 Å². The van der Waals surface area contributed by atoms with Crippen molar-refractivity contribution in [2.24, 2.45) is 0 Å². The van der Waals surface area contributed by atoms with E-state index in [1.54, 1.807) is 0 Å². The van der Waals surface area contributed by atoms with Gasteiger partial charge in [0.2, 0.25) is 0 Å². The van der Waals surface area contributed by atoms with E-state index in [1.165, 1.54) is 13.8 Å². The Balaban J connectivity index is 2.53. The van der Waals surface area contributed by atoms with Crippen LogP contribution in [-0.4, -0.2) is 51.9 Å². The van der Waals surface area contributed by atoms with E-state index in [0.717, 1.165) is 30.7 Å². The van der Waals surface area contributed by atoms with Gasteiger partial charge in [0.1, 0.15) is 12.7 Å². The summed E-state index contributed by atoms with van der Waals surface area (Å²) in [4.78, 5) is 60.0. The van der Waals surface area contributed by atoms with Crippen LogP contribution < -0.4 is 11.2 Å². The topological polar surface area (TPSA) is 143 Å². The Labute approximate surface area is 153 Å². The van der Waals surface area contributed by atoms with Gasteiger partial charge in [0, 0.05) is 33.0 Å². The van der Waals surface area contributed by atoms with E-state index >= 15 is 0 Å². The number of aromatic amines is 1. The SMILES string of the molecule is CC(=O)OC[C@H]1O[C@@H](n2ccc(=O)[nH]c2=O)[C@](C)(OC(C)=O)[C@@H]1OC(C)=O. The van der Waals surface area contributed by atoms with E-state index in [9.17, 15) is 24.0 Å². The van der Waals surface area contributed by atoms with E-state index in [2.05, 4.69) is 4.98 Å². The highest BCUT2D eigenvalue weighted by molar-refractivity contribution is 5.68. The van der Waals surface area contributed by atoms with Crippen LogP contribution in [0.2, 0.25) is 0 Å². The number of aromatic nitrogens is 2. The molecule has 1 aliphatic heterocycles. The lowest BCUT2D eigenvalue weighted by Gasteiger charge is -2.34. The second-order valence-electron chi connectivity index (χ2n) is 6.15. The van der Waals surface area contributed by atoms with Gasteiger partial charge in [-0.2, -0.15) is 0 Å². The number of ether oxygens (including phenoxy) is 4. The highest BCUT2D eigenvalue weighted by Crippen LogP contribution is 2.42. The molecule has 0 radical (unpaired) electrons. The summed E-state index contributed by atoms with van der Waals surface area (Å²) >= 11 is 0. The van der Waals surface area contributed by atoms with Gasteiger partial charge in [0.15, 0.2) is 17.9 Å². The van der Waals surface area contributed by atoms with Gasteiger partial charge in [-0.15, -0.1) is 0 Å². The summed E-state index contributed by atoms with van der Waals surface area (Å²) in [6.45, 7) is 4.58. The van der Waals surface area contributed by atoms with Gasteiger partial charge in [-0.25, -0.2) is 4.79 Å².